The molecule has 0 radical (unpaired) electrons. The molecule has 0 fully saturated rings. The molecule has 2 aromatic carbocycles. The van der Waals surface area contributed by atoms with Crippen molar-refractivity contribution in [3.05, 3.63) is 83.6 Å². The first-order chi connectivity index (χ1) is 12.2. The van der Waals surface area contributed by atoms with Crippen LogP contribution < -0.4 is 0 Å². The fourth-order valence-electron chi connectivity index (χ4n) is 2.57. The largest absolute Gasteiger partial charge is 0.392 e. The maximum absolute atomic E-state index is 10.2. The lowest BCUT2D eigenvalue weighted by atomic mass is 10.1. The third-order valence-corrected chi connectivity index (χ3v) is 5.34. The minimum atomic E-state index is -0.321. The number of nitrogens with zero attached hydrogens (tertiary/aromatic N) is 1. The quantitative estimate of drug-likeness (QED) is 0.559. The van der Waals surface area contributed by atoms with Gasteiger partial charge in [0.1, 0.15) is 0 Å². The van der Waals surface area contributed by atoms with Crippen molar-refractivity contribution in [3.63, 3.8) is 0 Å². The summed E-state index contributed by atoms with van der Waals surface area (Å²) in [5.74, 6) is 0.691. The first-order valence-corrected chi connectivity index (χ1v) is 9.63. The van der Waals surface area contributed by atoms with Crippen LogP contribution in [0.5, 0.6) is 0 Å². The van der Waals surface area contributed by atoms with E-state index in [1.165, 1.54) is 0 Å². The predicted octanol–water partition coefficient (Wildman–Crippen LogP) is 5.49. The highest BCUT2D eigenvalue weighted by molar-refractivity contribution is 7.99. The second-order valence-electron chi connectivity index (χ2n) is 5.90. The summed E-state index contributed by atoms with van der Waals surface area (Å²) in [6.07, 6.45) is 4.90. The molecule has 0 aliphatic heterocycles. The minimum Gasteiger partial charge on any atom is -0.392 e. The maximum Gasteiger partial charge on any atom is 0.0637 e. The summed E-state index contributed by atoms with van der Waals surface area (Å²) in [4.78, 5) is 5.26. The second-order valence-corrected chi connectivity index (χ2v) is 7.43. The maximum atomic E-state index is 10.2. The Morgan fingerprint density at radius 2 is 1.84 bits per heavy atom. The second kappa shape index (κ2) is 9.04. The van der Waals surface area contributed by atoms with Crippen molar-refractivity contribution >= 4 is 23.4 Å². The summed E-state index contributed by atoms with van der Waals surface area (Å²) in [6.45, 7) is 0. The van der Waals surface area contributed by atoms with Crippen molar-refractivity contribution in [2.24, 2.45) is 0 Å². The van der Waals surface area contributed by atoms with E-state index >= 15 is 0 Å². The third-order valence-electron chi connectivity index (χ3n) is 3.94. The summed E-state index contributed by atoms with van der Waals surface area (Å²) in [5, 5.41) is 10.9. The zero-order chi connectivity index (χ0) is 17.5. The van der Waals surface area contributed by atoms with E-state index in [-0.39, 0.29) is 6.10 Å². The van der Waals surface area contributed by atoms with E-state index in [1.54, 1.807) is 18.0 Å². The van der Waals surface area contributed by atoms with Gasteiger partial charge < -0.3 is 5.11 Å². The number of aryl methyl sites for hydroxylation is 1. The van der Waals surface area contributed by atoms with E-state index in [0.717, 1.165) is 39.5 Å². The van der Waals surface area contributed by atoms with Crippen molar-refractivity contribution in [2.75, 3.05) is 5.75 Å². The Labute approximate surface area is 157 Å². The summed E-state index contributed by atoms with van der Waals surface area (Å²) in [5.41, 5.74) is 3.42. The number of rotatable bonds is 7. The molecule has 1 unspecified atom stereocenters. The fraction of sp³-hybridized carbons (Fsp3) is 0.190. The van der Waals surface area contributed by atoms with Crippen LogP contribution in [0.25, 0.3) is 11.1 Å². The molecule has 0 saturated heterocycles. The summed E-state index contributed by atoms with van der Waals surface area (Å²) >= 11 is 7.73. The number of aliphatic hydroxyl groups excluding tert-OH is 1. The molecule has 0 aliphatic rings. The molecule has 1 heterocycles. The molecule has 25 heavy (non-hydrogen) atoms. The standard InChI is InChI=1S/C21H20ClNOS/c22-19-5-1-4-18(13-19)17-7-10-21(11-8-17)25-15-20(24)9-6-16-3-2-12-23-14-16/h1-5,7-8,10-14,20,24H,6,9,15H2. The lowest BCUT2D eigenvalue weighted by Gasteiger charge is -2.10. The van der Waals surface area contributed by atoms with Crippen LogP contribution in [0.15, 0.2) is 78.0 Å². The highest BCUT2D eigenvalue weighted by Crippen LogP contribution is 2.26. The van der Waals surface area contributed by atoms with E-state index in [1.807, 2.05) is 36.5 Å². The van der Waals surface area contributed by atoms with Crippen LogP contribution in [0.4, 0.5) is 0 Å². The number of pyridine rings is 1. The fourth-order valence-corrected chi connectivity index (χ4v) is 3.64. The highest BCUT2D eigenvalue weighted by Gasteiger charge is 2.06. The Morgan fingerprint density at radius 3 is 2.56 bits per heavy atom. The van der Waals surface area contributed by atoms with Gasteiger partial charge in [0.05, 0.1) is 6.10 Å². The van der Waals surface area contributed by atoms with Crippen LogP contribution in [0.1, 0.15) is 12.0 Å². The number of halogens is 1. The van der Waals surface area contributed by atoms with Crippen LogP contribution in [0, 0.1) is 0 Å². The monoisotopic (exact) mass is 369 g/mol. The predicted molar refractivity (Wildman–Crippen MR) is 106 cm³/mol. The topological polar surface area (TPSA) is 33.1 Å². The molecular formula is C21H20ClNOS. The van der Waals surface area contributed by atoms with Crippen LogP contribution >= 0.6 is 23.4 Å². The van der Waals surface area contributed by atoms with Gasteiger partial charge in [-0.15, -0.1) is 11.8 Å². The van der Waals surface area contributed by atoms with Gasteiger partial charge >= 0.3 is 0 Å². The molecule has 0 bridgehead atoms. The molecular weight excluding hydrogens is 350 g/mol. The molecule has 4 heteroatoms. The summed E-state index contributed by atoms with van der Waals surface area (Å²) < 4.78 is 0. The van der Waals surface area contributed by atoms with E-state index in [2.05, 4.69) is 35.3 Å². The smallest absolute Gasteiger partial charge is 0.0637 e. The van der Waals surface area contributed by atoms with Crippen molar-refractivity contribution < 1.29 is 5.11 Å². The van der Waals surface area contributed by atoms with Crippen LogP contribution in [0.2, 0.25) is 5.02 Å². The molecule has 0 amide bonds. The minimum absolute atomic E-state index is 0.321. The average Bonchev–Trinajstić information content (AvgIpc) is 2.66. The highest BCUT2D eigenvalue weighted by atomic mass is 35.5. The molecule has 0 aliphatic carbocycles. The Bertz CT molecular complexity index is 793. The van der Waals surface area contributed by atoms with Gasteiger partial charge in [-0.3, -0.25) is 4.98 Å². The average molecular weight is 370 g/mol. The van der Waals surface area contributed by atoms with Crippen LogP contribution in [0.3, 0.4) is 0 Å². The molecule has 2 nitrogen and oxygen atoms in total. The first kappa shape index (κ1) is 18.0. The van der Waals surface area contributed by atoms with Gasteiger partial charge in [0.15, 0.2) is 0 Å². The van der Waals surface area contributed by atoms with Crippen LogP contribution in [-0.4, -0.2) is 21.9 Å². The summed E-state index contributed by atoms with van der Waals surface area (Å²) in [7, 11) is 0. The van der Waals surface area contributed by atoms with Crippen molar-refractivity contribution in [2.45, 2.75) is 23.8 Å². The molecule has 0 spiro atoms. The van der Waals surface area contributed by atoms with Gasteiger partial charge in [0.25, 0.3) is 0 Å². The Morgan fingerprint density at radius 1 is 1.00 bits per heavy atom. The van der Waals surface area contributed by atoms with Crippen molar-refractivity contribution in [1.82, 2.24) is 4.98 Å². The number of thioether (sulfide) groups is 1. The van der Waals surface area contributed by atoms with E-state index in [9.17, 15) is 5.11 Å². The number of benzene rings is 2. The number of aliphatic hydroxyl groups is 1. The molecule has 3 rings (SSSR count). The number of hydrogen-bond acceptors (Lipinski definition) is 3. The molecule has 1 atom stereocenters. The van der Waals surface area contributed by atoms with Gasteiger partial charge in [-0.1, -0.05) is 41.9 Å². The first-order valence-electron chi connectivity index (χ1n) is 8.26. The van der Waals surface area contributed by atoms with Crippen molar-refractivity contribution in [1.29, 1.82) is 0 Å². The lowest BCUT2D eigenvalue weighted by Crippen LogP contribution is -2.11. The van der Waals surface area contributed by atoms with Gasteiger partial charge in [0.2, 0.25) is 0 Å². The molecule has 128 valence electrons. The summed E-state index contributed by atoms with van der Waals surface area (Å²) in [6, 6.07) is 20.2. The zero-order valence-corrected chi connectivity index (χ0v) is 15.4. The normalized spacial score (nSPS) is 12.1. The van der Waals surface area contributed by atoms with Gasteiger partial charge in [-0.05, 0) is 59.9 Å². The SMILES string of the molecule is OC(CCc1cccnc1)CSc1ccc(-c2cccc(Cl)c2)cc1. The lowest BCUT2D eigenvalue weighted by molar-refractivity contribution is 0.189. The van der Waals surface area contributed by atoms with Crippen LogP contribution in [-0.2, 0) is 6.42 Å². The van der Waals surface area contributed by atoms with E-state index in [4.69, 9.17) is 11.6 Å². The van der Waals surface area contributed by atoms with Gasteiger partial charge in [0, 0.05) is 28.1 Å². The Balaban J connectivity index is 1.50. The Hall–Kier alpha value is -1.81. The molecule has 3 aromatic rings. The number of aromatic nitrogens is 1. The van der Waals surface area contributed by atoms with Gasteiger partial charge in [-0.25, -0.2) is 0 Å². The van der Waals surface area contributed by atoms with Gasteiger partial charge in [-0.2, -0.15) is 0 Å². The molecule has 1 N–H and O–H groups in total. The zero-order valence-electron chi connectivity index (χ0n) is 13.8. The van der Waals surface area contributed by atoms with E-state index in [0.29, 0.717) is 5.75 Å². The third kappa shape index (κ3) is 5.60. The van der Waals surface area contributed by atoms with E-state index < -0.39 is 0 Å². The molecule has 1 aromatic heterocycles. The number of hydrogen-bond donors (Lipinski definition) is 1. The van der Waals surface area contributed by atoms with Crippen molar-refractivity contribution in [3.8, 4) is 11.1 Å². The molecule has 0 saturated carbocycles. The Kier molecular flexibility index (Phi) is 6.51.